The molecule has 3 nitrogen and oxygen atoms in total. The van der Waals surface area contributed by atoms with E-state index in [0.717, 1.165) is 31.5 Å². The maximum atomic E-state index is 13.6. The Labute approximate surface area is 101 Å². The van der Waals surface area contributed by atoms with E-state index in [-0.39, 0.29) is 17.6 Å². The lowest BCUT2D eigenvalue weighted by Crippen LogP contribution is -2.36. The molecule has 1 aromatic carbocycles. The fourth-order valence-electron chi connectivity index (χ4n) is 2.35. The molecule has 1 heterocycles. The number of nitrogens with one attached hydrogen (secondary N) is 1. The van der Waals surface area contributed by atoms with Crippen LogP contribution in [0.4, 0.5) is 4.39 Å². The number of hydrogen-bond donors (Lipinski definition) is 2. The van der Waals surface area contributed by atoms with Crippen LogP contribution in [0.2, 0.25) is 0 Å². The van der Waals surface area contributed by atoms with Crippen molar-refractivity contribution in [3.05, 3.63) is 29.6 Å². The van der Waals surface area contributed by atoms with Crippen LogP contribution in [0.5, 0.6) is 5.75 Å². The molecule has 1 aliphatic heterocycles. The van der Waals surface area contributed by atoms with Crippen molar-refractivity contribution in [3.63, 3.8) is 0 Å². The molecule has 17 heavy (non-hydrogen) atoms. The molecule has 2 atom stereocenters. The molecule has 3 N–H and O–H groups in total. The van der Waals surface area contributed by atoms with Crippen LogP contribution in [-0.2, 0) is 0 Å². The first kappa shape index (κ1) is 12.3. The second-order valence-corrected chi connectivity index (χ2v) is 4.53. The van der Waals surface area contributed by atoms with Crippen LogP contribution in [0, 0.1) is 11.7 Å². The van der Waals surface area contributed by atoms with Gasteiger partial charge in [0.25, 0.3) is 0 Å². The van der Waals surface area contributed by atoms with Gasteiger partial charge in [0.05, 0.1) is 7.11 Å². The zero-order valence-corrected chi connectivity index (χ0v) is 10.1. The highest BCUT2D eigenvalue weighted by molar-refractivity contribution is 5.31. The third-order valence-electron chi connectivity index (χ3n) is 3.40. The highest BCUT2D eigenvalue weighted by Crippen LogP contribution is 2.27. The van der Waals surface area contributed by atoms with E-state index < -0.39 is 0 Å². The quantitative estimate of drug-likeness (QED) is 0.844. The van der Waals surface area contributed by atoms with Gasteiger partial charge in [-0.25, -0.2) is 4.39 Å². The first-order chi connectivity index (χ1) is 8.22. The lowest BCUT2D eigenvalue weighted by Gasteiger charge is -2.28. The summed E-state index contributed by atoms with van der Waals surface area (Å²) in [6.07, 6.45) is 2.23. The van der Waals surface area contributed by atoms with E-state index in [1.807, 2.05) is 6.07 Å². The highest BCUT2D eigenvalue weighted by atomic mass is 19.1. The second kappa shape index (κ2) is 5.47. The normalized spacial score (nSPS) is 22.2. The van der Waals surface area contributed by atoms with Crippen molar-refractivity contribution in [2.45, 2.75) is 18.9 Å². The Bertz CT molecular complexity index is 378. The maximum Gasteiger partial charge on any atom is 0.165 e. The number of benzene rings is 1. The Morgan fingerprint density at radius 3 is 2.94 bits per heavy atom. The number of nitrogens with two attached hydrogens (primary N) is 1. The van der Waals surface area contributed by atoms with Gasteiger partial charge in [-0.3, -0.25) is 0 Å². The molecule has 0 bridgehead atoms. The Morgan fingerprint density at radius 1 is 1.53 bits per heavy atom. The number of ether oxygens (including phenoxy) is 1. The summed E-state index contributed by atoms with van der Waals surface area (Å²) in [4.78, 5) is 0. The van der Waals surface area contributed by atoms with Crippen LogP contribution >= 0.6 is 0 Å². The van der Waals surface area contributed by atoms with Crippen molar-refractivity contribution in [1.29, 1.82) is 0 Å². The Balaban J connectivity index is 2.12. The largest absolute Gasteiger partial charge is 0.494 e. The Hall–Kier alpha value is -1.13. The molecule has 0 aliphatic carbocycles. The minimum Gasteiger partial charge on any atom is -0.494 e. The third kappa shape index (κ3) is 2.76. The summed E-state index contributed by atoms with van der Waals surface area (Å²) < 4.78 is 18.5. The molecule has 0 radical (unpaired) electrons. The molecule has 0 spiro atoms. The smallest absolute Gasteiger partial charge is 0.165 e. The van der Waals surface area contributed by atoms with Gasteiger partial charge in [0, 0.05) is 6.04 Å². The minimum atomic E-state index is -0.343. The SMILES string of the molecule is COc1ccc(C(N)C2CCCNC2)cc1F. The molecule has 1 saturated heterocycles. The second-order valence-electron chi connectivity index (χ2n) is 4.53. The van der Waals surface area contributed by atoms with Crippen molar-refractivity contribution in [1.82, 2.24) is 5.32 Å². The highest BCUT2D eigenvalue weighted by Gasteiger charge is 2.22. The first-order valence-electron chi connectivity index (χ1n) is 6.02. The molecule has 1 aliphatic rings. The average Bonchev–Trinajstić information content (AvgIpc) is 2.39. The third-order valence-corrected chi connectivity index (χ3v) is 3.40. The number of hydrogen-bond acceptors (Lipinski definition) is 3. The van der Waals surface area contributed by atoms with Crippen molar-refractivity contribution in [3.8, 4) is 5.75 Å². The van der Waals surface area contributed by atoms with E-state index >= 15 is 0 Å². The molecule has 0 amide bonds. The first-order valence-corrected chi connectivity index (χ1v) is 6.02. The van der Waals surface area contributed by atoms with Gasteiger partial charge in [-0.1, -0.05) is 6.07 Å². The minimum absolute atomic E-state index is 0.108. The van der Waals surface area contributed by atoms with Gasteiger partial charge in [0.15, 0.2) is 11.6 Å². The van der Waals surface area contributed by atoms with E-state index in [1.165, 1.54) is 13.2 Å². The zero-order chi connectivity index (χ0) is 12.3. The van der Waals surface area contributed by atoms with Crippen LogP contribution in [0.15, 0.2) is 18.2 Å². The van der Waals surface area contributed by atoms with Gasteiger partial charge >= 0.3 is 0 Å². The molecule has 94 valence electrons. The van der Waals surface area contributed by atoms with Gasteiger partial charge in [0.1, 0.15) is 0 Å². The molecular weight excluding hydrogens is 219 g/mol. The van der Waals surface area contributed by atoms with Gasteiger partial charge < -0.3 is 15.8 Å². The molecule has 0 saturated carbocycles. The molecular formula is C13H19FN2O. The fraction of sp³-hybridized carbons (Fsp3) is 0.538. The topological polar surface area (TPSA) is 47.3 Å². The maximum absolute atomic E-state index is 13.6. The zero-order valence-electron chi connectivity index (χ0n) is 10.1. The summed E-state index contributed by atoms with van der Waals surface area (Å²) >= 11 is 0. The van der Waals surface area contributed by atoms with E-state index in [1.54, 1.807) is 6.07 Å². The van der Waals surface area contributed by atoms with E-state index in [9.17, 15) is 4.39 Å². The lowest BCUT2D eigenvalue weighted by molar-refractivity contribution is 0.325. The van der Waals surface area contributed by atoms with Gasteiger partial charge in [-0.05, 0) is 49.5 Å². The predicted molar refractivity (Wildman–Crippen MR) is 65.5 cm³/mol. The fourth-order valence-corrected chi connectivity index (χ4v) is 2.35. The van der Waals surface area contributed by atoms with Crippen LogP contribution in [0.3, 0.4) is 0 Å². The number of methoxy groups -OCH3 is 1. The van der Waals surface area contributed by atoms with E-state index in [4.69, 9.17) is 10.5 Å². The van der Waals surface area contributed by atoms with Gasteiger partial charge in [-0.15, -0.1) is 0 Å². The monoisotopic (exact) mass is 238 g/mol. The molecule has 1 fully saturated rings. The summed E-state index contributed by atoms with van der Waals surface area (Å²) in [6, 6.07) is 4.86. The standard InChI is InChI=1S/C13H19FN2O/c1-17-12-5-4-9(7-11(12)14)13(15)10-3-2-6-16-8-10/h4-5,7,10,13,16H,2-3,6,8,15H2,1H3. The van der Waals surface area contributed by atoms with Crippen molar-refractivity contribution in [2.24, 2.45) is 11.7 Å². The van der Waals surface area contributed by atoms with Crippen molar-refractivity contribution < 1.29 is 9.13 Å². The molecule has 2 unspecified atom stereocenters. The molecule has 2 rings (SSSR count). The van der Waals surface area contributed by atoms with E-state index in [2.05, 4.69) is 5.32 Å². The molecule has 0 aromatic heterocycles. The predicted octanol–water partition coefficient (Wildman–Crippen LogP) is 1.83. The molecule has 1 aromatic rings. The van der Waals surface area contributed by atoms with Crippen LogP contribution in [0.1, 0.15) is 24.4 Å². The summed E-state index contributed by atoms with van der Waals surface area (Å²) in [5.74, 6) is 0.309. The van der Waals surface area contributed by atoms with Crippen LogP contribution in [-0.4, -0.2) is 20.2 Å². The van der Waals surface area contributed by atoms with E-state index in [0.29, 0.717) is 5.92 Å². The van der Waals surface area contributed by atoms with Crippen molar-refractivity contribution >= 4 is 0 Å². The number of halogens is 1. The average molecular weight is 238 g/mol. The lowest BCUT2D eigenvalue weighted by atomic mass is 9.88. The Kier molecular flexibility index (Phi) is 3.97. The molecule has 4 heteroatoms. The summed E-state index contributed by atoms with van der Waals surface area (Å²) in [6.45, 7) is 1.97. The summed E-state index contributed by atoms with van der Waals surface area (Å²) in [5, 5.41) is 3.32. The summed E-state index contributed by atoms with van der Waals surface area (Å²) in [7, 11) is 1.46. The van der Waals surface area contributed by atoms with Crippen LogP contribution in [0.25, 0.3) is 0 Å². The van der Waals surface area contributed by atoms with Crippen molar-refractivity contribution in [2.75, 3.05) is 20.2 Å². The van der Waals surface area contributed by atoms with Crippen LogP contribution < -0.4 is 15.8 Å². The number of rotatable bonds is 3. The Morgan fingerprint density at radius 2 is 2.35 bits per heavy atom. The summed E-state index contributed by atoms with van der Waals surface area (Å²) in [5.41, 5.74) is 7.03. The van der Waals surface area contributed by atoms with Gasteiger partial charge in [0.2, 0.25) is 0 Å². The number of piperidine rings is 1. The van der Waals surface area contributed by atoms with Gasteiger partial charge in [-0.2, -0.15) is 0 Å².